The minimum atomic E-state index is -4.10. The number of anilines is 1. The summed E-state index contributed by atoms with van der Waals surface area (Å²) < 4.78 is 36.8. The van der Waals surface area contributed by atoms with E-state index in [1.807, 2.05) is 26.8 Å². The van der Waals surface area contributed by atoms with E-state index in [1.165, 1.54) is 4.90 Å². The first kappa shape index (κ1) is 17.8. The topological polar surface area (TPSA) is 28.2 Å². The van der Waals surface area contributed by atoms with Crippen LogP contribution in [0.15, 0.2) is 18.5 Å². The number of nitrogens with zero attached hydrogens (tertiary/aromatic N) is 2. The van der Waals surface area contributed by atoms with Crippen molar-refractivity contribution in [3.63, 3.8) is 0 Å². The Bertz CT molecular complexity index is 413. The first-order valence-corrected chi connectivity index (χ1v) is 7.40. The molecule has 0 atom stereocenters. The van der Waals surface area contributed by atoms with Gasteiger partial charge in [0.2, 0.25) is 0 Å². The van der Waals surface area contributed by atoms with Gasteiger partial charge in [0.15, 0.2) is 0 Å². The molecule has 0 saturated carbocycles. The number of piperidine rings is 1. The molecule has 120 valence electrons. The highest BCUT2D eigenvalue weighted by Gasteiger charge is 2.32. The average molecular weight is 303 g/mol. The maximum Gasteiger partial charge on any atom is 0.401 e. The van der Waals surface area contributed by atoms with Crippen LogP contribution in [0.4, 0.5) is 18.9 Å². The zero-order chi connectivity index (χ0) is 15.9. The molecule has 2 rings (SSSR count). The summed E-state index contributed by atoms with van der Waals surface area (Å²) in [5.74, 6) is 0. The van der Waals surface area contributed by atoms with Crippen molar-refractivity contribution in [1.82, 2.24) is 9.88 Å². The fourth-order valence-corrected chi connectivity index (χ4v) is 2.36. The summed E-state index contributed by atoms with van der Waals surface area (Å²) in [6.45, 7) is 6.13. The predicted octanol–water partition coefficient (Wildman–Crippen LogP) is 3.85. The molecule has 3 nitrogen and oxygen atoms in total. The van der Waals surface area contributed by atoms with Gasteiger partial charge in [0.05, 0.1) is 12.2 Å². The van der Waals surface area contributed by atoms with Gasteiger partial charge in [-0.05, 0) is 31.4 Å². The molecule has 1 aliphatic heterocycles. The molecule has 0 radical (unpaired) electrons. The van der Waals surface area contributed by atoms with Crippen LogP contribution in [0.25, 0.3) is 0 Å². The van der Waals surface area contributed by atoms with Gasteiger partial charge in [0.1, 0.15) is 0 Å². The van der Waals surface area contributed by atoms with Gasteiger partial charge < -0.3 is 5.32 Å². The van der Waals surface area contributed by atoms with Crippen molar-refractivity contribution in [1.29, 1.82) is 0 Å². The van der Waals surface area contributed by atoms with E-state index >= 15 is 0 Å². The Kier molecular flexibility index (Phi) is 6.95. The third-order valence-corrected chi connectivity index (χ3v) is 3.24. The average Bonchev–Trinajstić information content (AvgIpc) is 2.42. The molecular weight excluding hydrogens is 279 g/mol. The highest BCUT2D eigenvalue weighted by molar-refractivity contribution is 5.43. The molecule has 0 amide bonds. The van der Waals surface area contributed by atoms with Gasteiger partial charge in [0, 0.05) is 31.5 Å². The highest BCUT2D eigenvalue weighted by atomic mass is 19.4. The van der Waals surface area contributed by atoms with Crippen LogP contribution in [0, 0.1) is 6.92 Å². The number of rotatable bonds is 3. The lowest BCUT2D eigenvalue weighted by molar-refractivity contribution is -0.147. The summed E-state index contributed by atoms with van der Waals surface area (Å²) in [6, 6.07) is 2.22. The summed E-state index contributed by atoms with van der Waals surface area (Å²) in [6.07, 6.45) is 0.876. The predicted molar refractivity (Wildman–Crippen MR) is 79.5 cm³/mol. The van der Waals surface area contributed by atoms with Crippen LogP contribution in [0.3, 0.4) is 0 Å². The lowest BCUT2D eigenvalue weighted by atomic mass is 10.0. The van der Waals surface area contributed by atoms with E-state index in [0.717, 1.165) is 24.1 Å². The van der Waals surface area contributed by atoms with Crippen molar-refractivity contribution >= 4 is 5.69 Å². The van der Waals surface area contributed by atoms with Crippen LogP contribution >= 0.6 is 0 Å². The van der Waals surface area contributed by atoms with Crippen molar-refractivity contribution in [2.75, 3.05) is 25.0 Å². The van der Waals surface area contributed by atoms with Gasteiger partial charge in [-0.1, -0.05) is 13.8 Å². The van der Waals surface area contributed by atoms with Crippen LogP contribution in [-0.2, 0) is 0 Å². The molecule has 0 aromatic carbocycles. The molecule has 0 bridgehead atoms. The van der Waals surface area contributed by atoms with E-state index in [9.17, 15) is 13.2 Å². The van der Waals surface area contributed by atoms with Gasteiger partial charge in [-0.15, -0.1) is 0 Å². The van der Waals surface area contributed by atoms with E-state index in [4.69, 9.17) is 0 Å². The molecule has 0 unspecified atom stereocenters. The van der Waals surface area contributed by atoms with E-state index < -0.39 is 12.7 Å². The zero-order valence-electron chi connectivity index (χ0n) is 12.9. The van der Waals surface area contributed by atoms with Gasteiger partial charge in [0.25, 0.3) is 0 Å². The van der Waals surface area contributed by atoms with Crippen LogP contribution in [0.2, 0.25) is 0 Å². The van der Waals surface area contributed by atoms with Gasteiger partial charge in [-0.25, -0.2) is 0 Å². The maximum absolute atomic E-state index is 12.3. The number of hydrogen-bond donors (Lipinski definition) is 1. The van der Waals surface area contributed by atoms with Crippen molar-refractivity contribution in [2.24, 2.45) is 0 Å². The quantitative estimate of drug-likeness (QED) is 0.919. The second kappa shape index (κ2) is 8.22. The van der Waals surface area contributed by atoms with Gasteiger partial charge in [-0.2, -0.15) is 13.2 Å². The SMILES string of the molecule is CC.Cc1cncc(NC2CCN(CC(F)(F)F)CC2)c1. The molecule has 1 aromatic heterocycles. The number of likely N-dealkylation sites (tertiary alicyclic amines) is 1. The minimum absolute atomic E-state index is 0.230. The van der Waals surface area contributed by atoms with Crippen LogP contribution in [-0.4, -0.2) is 41.7 Å². The molecule has 1 aliphatic rings. The standard InChI is InChI=1S/C13H18F3N3.C2H6/c1-10-6-12(8-17-7-10)18-11-2-4-19(5-3-11)9-13(14,15)16;1-2/h6-8,11,18H,2-5,9H2,1H3;1-2H3. The largest absolute Gasteiger partial charge is 0.401 e. The third-order valence-electron chi connectivity index (χ3n) is 3.24. The fraction of sp³-hybridized carbons (Fsp3) is 0.667. The number of pyridine rings is 1. The first-order chi connectivity index (χ1) is 9.92. The summed E-state index contributed by atoms with van der Waals surface area (Å²) in [5, 5.41) is 3.33. The maximum atomic E-state index is 12.3. The molecule has 1 fully saturated rings. The monoisotopic (exact) mass is 303 g/mol. The van der Waals surface area contributed by atoms with Crippen molar-refractivity contribution < 1.29 is 13.2 Å². The fourth-order valence-electron chi connectivity index (χ4n) is 2.36. The molecule has 6 heteroatoms. The molecule has 0 spiro atoms. The van der Waals surface area contributed by atoms with Gasteiger partial charge in [-0.3, -0.25) is 9.88 Å². The third kappa shape index (κ3) is 6.80. The molecular formula is C15H24F3N3. The Hall–Kier alpha value is -1.30. The smallest absolute Gasteiger partial charge is 0.381 e. The summed E-state index contributed by atoms with van der Waals surface area (Å²) >= 11 is 0. The van der Waals surface area contributed by atoms with Crippen molar-refractivity contribution in [3.8, 4) is 0 Å². The molecule has 0 aliphatic carbocycles. The lowest BCUT2D eigenvalue weighted by Gasteiger charge is -2.33. The number of hydrogen-bond acceptors (Lipinski definition) is 3. The van der Waals surface area contributed by atoms with Crippen molar-refractivity contribution in [3.05, 3.63) is 24.0 Å². The van der Waals surface area contributed by atoms with E-state index in [0.29, 0.717) is 13.1 Å². The van der Waals surface area contributed by atoms with Gasteiger partial charge >= 0.3 is 6.18 Å². The Morgan fingerprint density at radius 3 is 2.38 bits per heavy atom. The van der Waals surface area contributed by atoms with Crippen LogP contribution in [0.1, 0.15) is 32.3 Å². The van der Waals surface area contributed by atoms with E-state index in [1.54, 1.807) is 12.4 Å². The number of aromatic nitrogens is 1. The Morgan fingerprint density at radius 1 is 1.24 bits per heavy atom. The summed E-state index contributed by atoms with van der Waals surface area (Å²) in [5.41, 5.74) is 2.01. The minimum Gasteiger partial charge on any atom is -0.381 e. The molecule has 1 saturated heterocycles. The summed E-state index contributed by atoms with van der Waals surface area (Å²) in [4.78, 5) is 5.56. The van der Waals surface area contributed by atoms with E-state index in [2.05, 4.69) is 10.3 Å². The first-order valence-electron chi connectivity index (χ1n) is 7.40. The number of aryl methyl sites for hydroxylation is 1. The lowest BCUT2D eigenvalue weighted by Crippen LogP contribution is -2.43. The second-order valence-electron chi connectivity index (χ2n) is 5.06. The molecule has 21 heavy (non-hydrogen) atoms. The number of nitrogens with one attached hydrogen (secondary N) is 1. The Morgan fingerprint density at radius 2 is 1.86 bits per heavy atom. The van der Waals surface area contributed by atoms with Crippen LogP contribution in [0.5, 0.6) is 0 Å². The van der Waals surface area contributed by atoms with E-state index in [-0.39, 0.29) is 6.04 Å². The number of halogens is 3. The van der Waals surface area contributed by atoms with Crippen molar-refractivity contribution in [2.45, 2.75) is 45.8 Å². The normalized spacial score (nSPS) is 17.0. The molecule has 2 heterocycles. The Balaban J connectivity index is 0.00000106. The number of alkyl halides is 3. The summed E-state index contributed by atoms with van der Waals surface area (Å²) in [7, 11) is 0. The van der Waals surface area contributed by atoms with Crippen LogP contribution < -0.4 is 5.32 Å². The molecule has 1 aromatic rings. The molecule has 1 N–H and O–H groups in total. The zero-order valence-corrected chi connectivity index (χ0v) is 12.9. The highest BCUT2D eigenvalue weighted by Crippen LogP contribution is 2.21. The second-order valence-corrected chi connectivity index (χ2v) is 5.06. The Labute approximate surface area is 124 Å².